The van der Waals surface area contributed by atoms with Gasteiger partial charge in [0.25, 0.3) is 0 Å². The molecule has 114 valence electrons. The van der Waals surface area contributed by atoms with Crippen LogP contribution in [-0.4, -0.2) is 28.1 Å². The average molecular weight is 294 g/mol. The molecule has 1 aromatic heterocycles. The number of rotatable bonds is 5. The lowest BCUT2D eigenvalue weighted by Gasteiger charge is -2.29. The van der Waals surface area contributed by atoms with Gasteiger partial charge in [0, 0.05) is 29.7 Å². The third kappa shape index (κ3) is 2.91. The highest BCUT2D eigenvalue weighted by Crippen LogP contribution is 2.24. The Morgan fingerprint density at radius 1 is 1.05 bits per heavy atom. The van der Waals surface area contributed by atoms with Gasteiger partial charge >= 0.3 is 0 Å². The number of aliphatic hydroxyl groups excluding tert-OH is 1. The van der Waals surface area contributed by atoms with E-state index in [0.717, 1.165) is 17.6 Å². The number of para-hydroxylation sites is 1. The Morgan fingerprint density at radius 3 is 2.50 bits per heavy atom. The molecule has 2 N–H and O–H groups in total. The number of aromatic nitrogens is 1. The van der Waals surface area contributed by atoms with Crippen molar-refractivity contribution in [3.63, 3.8) is 0 Å². The number of likely N-dealkylation sites (N-methyl/N-ethyl adjacent to an activating group) is 1. The number of H-pyrrole nitrogens is 1. The van der Waals surface area contributed by atoms with E-state index in [9.17, 15) is 5.11 Å². The van der Waals surface area contributed by atoms with Crippen LogP contribution in [0.15, 0.2) is 60.8 Å². The first kappa shape index (κ1) is 14.8. The molecule has 3 nitrogen and oxygen atoms in total. The summed E-state index contributed by atoms with van der Waals surface area (Å²) in [4.78, 5) is 5.49. The van der Waals surface area contributed by atoms with E-state index in [1.807, 2.05) is 36.4 Å². The third-order valence-corrected chi connectivity index (χ3v) is 4.39. The zero-order valence-electron chi connectivity index (χ0n) is 13.0. The lowest BCUT2D eigenvalue weighted by Crippen LogP contribution is -2.33. The molecule has 2 aromatic carbocycles. The Morgan fingerprint density at radius 2 is 1.73 bits per heavy atom. The van der Waals surface area contributed by atoms with Gasteiger partial charge in [-0.15, -0.1) is 0 Å². The van der Waals surface area contributed by atoms with Crippen LogP contribution in [0.4, 0.5) is 0 Å². The minimum Gasteiger partial charge on any atom is -0.387 e. The molecule has 0 radical (unpaired) electrons. The molecule has 0 aliphatic rings. The summed E-state index contributed by atoms with van der Waals surface area (Å²) in [5.74, 6) is 0. The maximum absolute atomic E-state index is 10.6. The van der Waals surface area contributed by atoms with Crippen molar-refractivity contribution in [2.24, 2.45) is 0 Å². The first-order valence-corrected chi connectivity index (χ1v) is 7.65. The van der Waals surface area contributed by atoms with Gasteiger partial charge in [-0.25, -0.2) is 0 Å². The maximum Gasteiger partial charge on any atom is 0.0942 e. The molecule has 0 aliphatic carbocycles. The highest BCUT2D eigenvalue weighted by atomic mass is 16.3. The minimum absolute atomic E-state index is 0.0380. The van der Waals surface area contributed by atoms with Crippen LogP contribution >= 0.6 is 0 Å². The van der Waals surface area contributed by atoms with Crippen molar-refractivity contribution in [1.29, 1.82) is 0 Å². The Hall–Kier alpha value is -2.10. The van der Waals surface area contributed by atoms with Crippen molar-refractivity contribution in [1.82, 2.24) is 9.88 Å². The summed E-state index contributed by atoms with van der Waals surface area (Å²) in [6.07, 6.45) is 1.57. The van der Waals surface area contributed by atoms with Gasteiger partial charge in [0.05, 0.1) is 6.10 Å². The van der Waals surface area contributed by atoms with E-state index >= 15 is 0 Å². The predicted octanol–water partition coefficient (Wildman–Crippen LogP) is 3.72. The first-order valence-electron chi connectivity index (χ1n) is 7.65. The van der Waals surface area contributed by atoms with Gasteiger partial charge in [0.2, 0.25) is 0 Å². The molecule has 3 rings (SSSR count). The zero-order valence-corrected chi connectivity index (χ0v) is 13.0. The van der Waals surface area contributed by atoms with Crippen LogP contribution in [0.25, 0.3) is 10.9 Å². The molecule has 0 saturated carbocycles. The molecule has 0 spiro atoms. The van der Waals surface area contributed by atoms with Gasteiger partial charge in [-0.2, -0.15) is 0 Å². The molecule has 2 atom stereocenters. The van der Waals surface area contributed by atoms with Crippen molar-refractivity contribution in [3.8, 4) is 0 Å². The number of nitrogens with one attached hydrogen (secondary N) is 1. The van der Waals surface area contributed by atoms with Crippen LogP contribution in [0, 0.1) is 0 Å². The number of nitrogens with zero attached hydrogens (tertiary/aromatic N) is 1. The van der Waals surface area contributed by atoms with Crippen LogP contribution in [0.3, 0.4) is 0 Å². The number of hydrogen-bond donors (Lipinski definition) is 2. The first-order chi connectivity index (χ1) is 10.7. The quantitative estimate of drug-likeness (QED) is 0.753. The van der Waals surface area contributed by atoms with E-state index in [1.54, 1.807) is 0 Å². The van der Waals surface area contributed by atoms with Crippen molar-refractivity contribution < 1.29 is 5.11 Å². The highest BCUT2D eigenvalue weighted by molar-refractivity contribution is 5.82. The average Bonchev–Trinajstić information content (AvgIpc) is 2.97. The van der Waals surface area contributed by atoms with Gasteiger partial charge in [0.1, 0.15) is 0 Å². The second kappa shape index (κ2) is 6.34. The SMILES string of the molecule is C[C@H]([C@H](O)c1ccccc1)N(C)Cc1c[nH]c2ccccc12. The summed E-state index contributed by atoms with van der Waals surface area (Å²) in [5, 5.41) is 11.8. The summed E-state index contributed by atoms with van der Waals surface area (Å²) in [6, 6.07) is 18.2. The van der Waals surface area contributed by atoms with Crippen LogP contribution in [0.1, 0.15) is 24.2 Å². The molecule has 0 fully saturated rings. The second-order valence-electron chi connectivity index (χ2n) is 5.87. The number of hydrogen-bond acceptors (Lipinski definition) is 2. The van der Waals surface area contributed by atoms with Crippen molar-refractivity contribution in [2.75, 3.05) is 7.05 Å². The van der Waals surface area contributed by atoms with Gasteiger partial charge in [0.15, 0.2) is 0 Å². The summed E-state index contributed by atoms with van der Waals surface area (Å²) in [6.45, 7) is 2.86. The summed E-state index contributed by atoms with van der Waals surface area (Å²) in [7, 11) is 2.05. The van der Waals surface area contributed by atoms with Crippen molar-refractivity contribution in [3.05, 3.63) is 71.9 Å². The molecular weight excluding hydrogens is 272 g/mol. The van der Waals surface area contributed by atoms with Gasteiger partial charge in [-0.3, -0.25) is 4.90 Å². The van der Waals surface area contributed by atoms with E-state index in [2.05, 4.69) is 48.3 Å². The van der Waals surface area contributed by atoms with Crippen LogP contribution in [0.2, 0.25) is 0 Å². The Bertz CT molecular complexity index is 735. The maximum atomic E-state index is 10.6. The molecule has 0 unspecified atom stereocenters. The number of fused-ring (bicyclic) bond motifs is 1. The third-order valence-electron chi connectivity index (χ3n) is 4.39. The topological polar surface area (TPSA) is 39.3 Å². The van der Waals surface area contributed by atoms with E-state index in [1.165, 1.54) is 10.9 Å². The largest absolute Gasteiger partial charge is 0.387 e. The molecular formula is C19H22N2O. The summed E-state index contributed by atoms with van der Waals surface area (Å²) in [5.41, 5.74) is 3.37. The molecule has 0 bridgehead atoms. The van der Waals surface area contributed by atoms with Crippen LogP contribution in [-0.2, 0) is 6.54 Å². The molecule has 3 heteroatoms. The summed E-state index contributed by atoms with van der Waals surface area (Å²) < 4.78 is 0. The number of aliphatic hydroxyl groups is 1. The Balaban J connectivity index is 1.75. The Kier molecular flexibility index (Phi) is 4.27. The van der Waals surface area contributed by atoms with Gasteiger partial charge in [-0.1, -0.05) is 48.5 Å². The van der Waals surface area contributed by atoms with Crippen molar-refractivity contribution >= 4 is 10.9 Å². The monoisotopic (exact) mass is 294 g/mol. The van der Waals surface area contributed by atoms with Gasteiger partial charge in [-0.05, 0) is 31.2 Å². The van der Waals surface area contributed by atoms with Gasteiger partial charge < -0.3 is 10.1 Å². The van der Waals surface area contributed by atoms with E-state index in [-0.39, 0.29) is 6.04 Å². The lowest BCUT2D eigenvalue weighted by molar-refractivity contribution is 0.0690. The minimum atomic E-state index is -0.489. The standard InChI is InChI=1S/C19H22N2O/c1-14(19(22)15-8-4-3-5-9-15)21(2)13-16-12-20-18-11-7-6-10-17(16)18/h3-12,14,19-20,22H,13H2,1-2H3/t14-,19+/m1/s1. The normalized spacial score (nSPS) is 14.4. The van der Waals surface area contributed by atoms with E-state index in [0.29, 0.717) is 0 Å². The fourth-order valence-corrected chi connectivity index (χ4v) is 2.84. The van der Waals surface area contributed by atoms with E-state index in [4.69, 9.17) is 0 Å². The fraction of sp³-hybridized carbons (Fsp3) is 0.263. The molecule has 22 heavy (non-hydrogen) atoms. The molecule has 0 saturated heterocycles. The fourth-order valence-electron chi connectivity index (χ4n) is 2.84. The van der Waals surface area contributed by atoms with E-state index < -0.39 is 6.10 Å². The molecule has 3 aromatic rings. The second-order valence-corrected chi connectivity index (χ2v) is 5.87. The Labute approximate surface area is 131 Å². The smallest absolute Gasteiger partial charge is 0.0942 e. The zero-order chi connectivity index (χ0) is 15.5. The van der Waals surface area contributed by atoms with Crippen LogP contribution in [0.5, 0.6) is 0 Å². The predicted molar refractivity (Wildman–Crippen MR) is 90.6 cm³/mol. The lowest BCUT2D eigenvalue weighted by atomic mass is 10.0. The molecule has 0 amide bonds. The molecule has 1 heterocycles. The molecule has 0 aliphatic heterocycles. The number of aromatic amines is 1. The number of benzene rings is 2. The van der Waals surface area contributed by atoms with Crippen molar-refractivity contribution in [2.45, 2.75) is 25.6 Å². The summed E-state index contributed by atoms with van der Waals surface area (Å²) >= 11 is 0. The van der Waals surface area contributed by atoms with Crippen LogP contribution < -0.4 is 0 Å². The highest BCUT2D eigenvalue weighted by Gasteiger charge is 2.21.